The maximum atomic E-state index is 10.9. The quantitative estimate of drug-likeness (QED) is 0.160. The molecule has 0 aromatic heterocycles. The van der Waals surface area contributed by atoms with E-state index in [4.69, 9.17) is 14.6 Å². The van der Waals surface area contributed by atoms with Gasteiger partial charge in [0.1, 0.15) is 0 Å². The average molecular weight is 425 g/mol. The molecule has 4 nitrogen and oxygen atoms in total. The highest BCUT2D eigenvalue weighted by atomic mass is 16.7. The Balaban J connectivity index is 2.00. The van der Waals surface area contributed by atoms with Gasteiger partial charge in [-0.15, -0.1) is 0 Å². The third kappa shape index (κ3) is 16.9. The molecule has 176 valence electrons. The molecule has 0 bridgehead atoms. The van der Waals surface area contributed by atoms with Crippen molar-refractivity contribution in [2.75, 3.05) is 6.61 Å². The van der Waals surface area contributed by atoms with Crippen LogP contribution in [0, 0.1) is 0 Å². The van der Waals surface area contributed by atoms with E-state index in [-0.39, 0.29) is 18.8 Å². The van der Waals surface area contributed by atoms with Crippen molar-refractivity contribution >= 4 is 5.97 Å². The van der Waals surface area contributed by atoms with Crippen LogP contribution >= 0.6 is 0 Å². The lowest BCUT2D eigenvalue weighted by Gasteiger charge is -2.27. The number of unbranched alkanes of at least 4 members (excludes halogenated alkanes) is 11. The second-order valence-corrected chi connectivity index (χ2v) is 8.86. The molecule has 1 rings (SSSR count). The number of allylic oxidation sites excluding steroid dienone is 2. The van der Waals surface area contributed by atoms with Crippen molar-refractivity contribution in [2.45, 2.75) is 141 Å². The van der Waals surface area contributed by atoms with Crippen molar-refractivity contribution in [2.24, 2.45) is 0 Å². The molecule has 1 heterocycles. The first-order valence-corrected chi connectivity index (χ1v) is 12.9. The van der Waals surface area contributed by atoms with Crippen molar-refractivity contribution in [1.82, 2.24) is 0 Å². The molecule has 0 radical (unpaired) electrons. The topological polar surface area (TPSA) is 55.8 Å². The van der Waals surface area contributed by atoms with Crippen LogP contribution < -0.4 is 0 Å². The summed E-state index contributed by atoms with van der Waals surface area (Å²) in [4.78, 5) is 10.9. The van der Waals surface area contributed by atoms with Gasteiger partial charge in [-0.25, -0.2) is 0 Å². The zero-order valence-corrected chi connectivity index (χ0v) is 19.6. The average Bonchev–Trinajstić information content (AvgIpc) is 2.75. The van der Waals surface area contributed by atoms with Crippen LogP contribution in [0.3, 0.4) is 0 Å². The first kappa shape index (κ1) is 27.2. The minimum absolute atomic E-state index is 0.0178. The van der Waals surface area contributed by atoms with Crippen LogP contribution in [0.2, 0.25) is 0 Å². The Morgan fingerprint density at radius 1 is 0.933 bits per heavy atom. The molecule has 1 aliphatic rings. The number of aliphatic carboxylic acids is 1. The van der Waals surface area contributed by atoms with Gasteiger partial charge in [-0.2, -0.15) is 0 Å². The molecular formula is C26H48O4. The Hall–Kier alpha value is -0.870. The molecule has 0 saturated carbocycles. The Kier molecular flexibility index (Phi) is 18.2. The van der Waals surface area contributed by atoms with Crippen LogP contribution in [0.5, 0.6) is 0 Å². The molecule has 2 atom stereocenters. The summed E-state index contributed by atoms with van der Waals surface area (Å²) in [7, 11) is 0. The number of hydrogen-bond donors (Lipinski definition) is 1. The zero-order chi connectivity index (χ0) is 21.7. The minimum Gasteiger partial charge on any atom is -0.481 e. The van der Waals surface area contributed by atoms with Crippen molar-refractivity contribution in [3.05, 3.63) is 12.2 Å². The predicted octanol–water partition coefficient (Wildman–Crippen LogP) is 7.80. The highest BCUT2D eigenvalue weighted by molar-refractivity contribution is 5.66. The van der Waals surface area contributed by atoms with Gasteiger partial charge in [0, 0.05) is 13.0 Å². The lowest BCUT2D eigenvalue weighted by Crippen LogP contribution is -2.28. The van der Waals surface area contributed by atoms with Gasteiger partial charge in [0.15, 0.2) is 6.29 Å². The third-order valence-corrected chi connectivity index (χ3v) is 5.96. The standard InChI is InChI=1S/C26H48O4/c1-2-3-4-5-6-7-8-9-10-11-12-13-14-15-16-19-24(21-22-25(27)28)30-26-20-17-18-23-29-26/h14-15,24,26H,2-13,16-23H2,1H3,(H,27,28)/b15-14-/t24?,26-/m1/s1. The maximum absolute atomic E-state index is 10.9. The molecule has 0 aromatic carbocycles. The number of hydrogen-bond acceptors (Lipinski definition) is 3. The van der Waals surface area contributed by atoms with E-state index < -0.39 is 5.97 Å². The summed E-state index contributed by atoms with van der Waals surface area (Å²) in [5.41, 5.74) is 0. The van der Waals surface area contributed by atoms with E-state index in [0.717, 1.165) is 45.1 Å². The largest absolute Gasteiger partial charge is 0.481 e. The van der Waals surface area contributed by atoms with Crippen LogP contribution in [0.1, 0.15) is 129 Å². The Bertz CT molecular complexity index is 415. The molecule has 30 heavy (non-hydrogen) atoms. The van der Waals surface area contributed by atoms with Gasteiger partial charge in [-0.05, 0) is 51.4 Å². The van der Waals surface area contributed by atoms with E-state index in [2.05, 4.69) is 19.1 Å². The fourth-order valence-corrected chi connectivity index (χ4v) is 4.04. The van der Waals surface area contributed by atoms with Gasteiger partial charge in [-0.1, -0.05) is 83.3 Å². The SMILES string of the molecule is CCCCCCCCCCCCC/C=C\CCC(CCC(=O)O)O[C@@H]1CCCCO1. The Labute approximate surface area is 185 Å². The van der Waals surface area contributed by atoms with Gasteiger partial charge < -0.3 is 14.6 Å². The number of carbonyl (C=O) groups is 1. The Morgan fingerprint density at radius 2 is 1.57 bits per heavy atom. The third-order valence-electron chi connectivity index (χ3n) is 5.96. The summed E-state index contributed by atoms with van der Waals surface area (Å²) in [6.07, 6.45) is 26.5. The van der Waals surface area contributed by atoms with Crippen molar-refractivity contribution in [3.8, 4) is 0 Å². The van der Waals surface area contributed by atoms with Gasteiger partial charge in [-0.3, -0.25) is 4.79 Å². The second kappa shape index (κ2) is 20.1. The molecular weight excluding hydrogens is 376 g/mol. The maximum Gasteiger partial charge on any atom is 0.303 e. The number of rotatable bonds is 20. The second-order valence-electron chi connectivity index (χ2n) is 8.86. The van der Waals surface area contributed by atoms with Crippen LogP contribution in [-0.2, 0) is 14.3 Å². The summed E-state index contributed by atoms with van der Waals surface area (Å²) >= 11 is 0. The molecule has 0 spiro atoms. The molecule has 0 aromatic rings. The minimum atomic E-state index is -0.750. The van der Waals surface area contributed by atoms with E-state index in [1.165, 1.54) is 70.6 Å². The number of ether oxygens (including phenoxy) is 2. The molecule has 1 N–H and O–H groups in total. The first-order valence-electron chi connectivity index (χ1n) is 12.9. The van der Waals surface area contributed by atoms with E-state index in [1.54, 1.807) is 0 Å². The van der Waals surface area contributed by atoms with Crippen LogP contribution in [0.25, 0.3) is 0 Å². The first-order chi connectivity index (χ1) is 14.7. The van der Waals surface area contributed by atoms with Crippen molar-refractivity contribution in [3.63, 3.8) is 0 Å². The zero-order valence-electron chi connectivity index (χ0n) is 19.6. The van der Waals surface area contributed by atoms with Gasteiger partial charge in [0.25, 0.3) is 0 Å². The molecule has 0 amide bonds. The highest BCUT2D eigenvalue weighted by Crippen LogP contribution is 2.20. The summed E-state index contributed by atoms with van der Waals surface area (Å²) < 4.78 is 11.7. The van der Waals surface area contributed by atoms with Gasteiger partial charge >= 0.3 is 5.97 Å². The normalized spacial score (nSPS) is 18.1. The number of carboxylic acids is 1. The number of carboxylic acid groups (broad SMARTS) is 1. The summed E-state index contributed by atoms with van der Waals surface area (Å²) in [5.74, 6) is -0.750. The van der Waals surface area contributed by atoms with Crippen LogP contribution in [0.15, 0.2) is 12.2 Å². The molecule has 1 aliphatic heterocycles. The molecule has 1 fully saturated rings. The Morgan fingerprint density at radius 3 is 2.17 bits per heavy atom. The van der Waals surface area contributed by atoms with Crippen LogP contribution in [-0.4, -0.2) is 30.1 Å². The molecule has 1 saturated heterocycles. The van der Waals surface area contributed by atoms with E-state index in [0.29, 0.717) is 6.42 Å². The molecule has 0 aliphatic carbocycles. The lowest BCUT2D eigenvalue weighted by atomic mass is 10.0. The van der Waals surface area contributed by atoms with Gasteiger partial charge in [0.2, 0.25) is 0 Å². The fraction of sp³-hybridized carbons (Fsp3) is 0.885. The molecule has 4 heteroatoms. The lowest BCUT2D eigenvalue weighted by molar-refractivity contribution is -0.191. The van der Waals surface area contributed by atoms with E-state index in [9.17, 15) is 4.79 Å². The molecule has 1 unspecified atom stereocenters. The van der Waals surface area contributed by atoms with Crippen molar-refractivity contribution < 1.29 is 19.4 Å². The summed E-state index contributed by atoms with van der Waals surface area (Å²) in [6.45, 7) is 3.03. The summed E-state index contributed by atoms with van der Waals surface area (Å²) in [6, 6.07) is 0. The summed E-state index contributed by atoms with van der Waals surface area (Å²) in [5, 5.41) is 8.97. The van der Waals surface area contributed by atoms with E-state index >= 15 is 0 Å². The predicted molar refractivity (Wildman–Crippen MR) is 125 cm³/mol. The van der Waals surface area contributed by atoms with Gasteiger partial charge in [0.05, 0.1) is 6.10 Å². The van der Waals surface area contributed by atoms with E-state index in [1.807, 2.05) is 0 Å². The smallest absolute Gasteiger partial charge is 0.303 e. The highest BCUT2D eigenvalue weighted by Gasteiger charge is 2.20. The van der Waals surface area contributed by atoms with Crippen molar-refractivity contribution in [1.29, 1.82) is 0 Å². The monoisotopic (exact) mass is 424 g/mol. The fourth-order valence-electron chi connectivity index (χ4n) is 4.04. The van der Waals surface area contributed by atoms with Crippen LogP contribution in [0.4, 0.5) is 0 Å².